The molecule has 0 bridgehead atoms. The largest absolute Gasteiger partial charge is 0.433 e. The van der Waals surface area contributed by atoms with E-state index in [0.29, 0.717) is 6.07 Å². The van der Waals surface area contributed by atoms with Crippen LogP contribution in [0.25, 0.3) is 0 Å². The first kappa shape index (κ1) is 26.7. The normalized spacial score (nSPS) is 16.5. The number of nitrogens with zero attached hydrogens (tertiary/aromatic N) is 2. The van der Waals surface area contributed by atoms with Crippen molar-refractivity contribution in [2.45, 2.75) is 38.0 Å². The van der Waals surface area contributed by atoms with E-state index in [9.17, 15) is 39.6 Å². The number of rotatable bonds is 8. The lowest BCUT2D eigenvalue weighted by molar-refractivity contribution is -0.141. The topological polar surface area (TPSA) is 91.4 Å². The zero-order valence-corrected chi connectivity index (χ0v) is 19.4. The van der Waals surface area contributed by atoms with Gasteiger partial charge in [0, 0.05) is 24.2 Å². The highest BCUT2D eigenvalue weighted by Crippen LogP contribution is 2.35. The predicted octanol–water partition coefficient (Wildman–Crippen LogP) is 3.16. The number of pyridine rings is 1. The second-order valence-corrected chi connectivity index (χ2v) is 10.1. The van der Waals surface area contributed by atoms with E-state index in [-0.39, 0.29) is 35.6 Å². The zero-order chi connectivity index (χ0) is 26.2. The summed E-state index contributed by atoms with van der Waals surface area (Å²) in [5.41, 5.74) is -0.788. The number of nitrogens with one attached hydrogen (secondary N) is 2. The van der Waals surface area contributed by atoms with Crippen LogP contribution in [-0.4, -0.2) is 44.6 Å². The molecule has 3 rings (SSSR count). The van der Waals surface area contributed by atoms with E-state index in [2.05, 4.69) is 15.0 Å². The number of carbonyl (C=O) groups is 1. The van der Waals surface area contributed by atoms with E-state index in [1.807, 2.05) is 0 Å². The van der Waals surface area contributed by atoms with Crippen molar-refractivity contribution in [2.75, 3.05) is 24.2 Å². The number of anilines is 1. The molecule has 1 aromatic carbocycles. The summed E-state index contributed by atoms with van der Waals surface area (Å²) >= 11 is 0. The Hall–Kier alpha value is -2.87. The van der Waals surface area contributed by atoms with E-state index in [1.54, 1.807) is 0 Å². The molecule has 192 valence electrons. The summed E-state index contributed by atoms with van der Waals surface area (Å²) in [7, 11) is -3.53. The molecular weight excluding hydrogens is 502 g/mol. The van der Waals surface area contributed by atoms with Gasteiger partial charge in [-0.3, -0.25) is 4.79 Å². The lowest BCUT2D eigenvalue weighted by atomic mass is 9.98. The van der Waals surface area contributed by atoms with Crippen molar-refractivity contribution >= 4 is 21.7 Å². The first-order chi connectivity index (χ1) is 16.1. The van der Waals surface area contributed by atoms with Crippen LogP contribution in [0.3, 0.4) is 0 Å². The summed E-state index contributed by atoms with van der Waals surface area (Å²) in [6.07, 6.45) is -3.84. The molecular formula is C21H22F6N4O3S. The molecule has 0 spiro atoms. The van der Waals surface area contributed by atoms with E-state index in [0.717, 1.165) is 23.3 Å². The number of hydrogen-bond donors (Lipinski definition) is 2. The lowest BCUT2D eigenvalue weighted by Crippen LogP contribution is -2.57. The van der Waals surface area contributed by atoms with Crippen LogP contribution < -0.4 is 14.9 Å². The monoisotopic (exact) mass is 524 g/mol. The first-order valence-electron chi connectivity index (χ1n) is 10.3. The summed E-state index contributed by atoms with van der Waals surface area (Å²) in [5.74, 6) is -5.54. The molecule has 2 heterocycles. The van der Waals surface area contributed by atoms with Crippen LogP contribution in [0.1, 0.15) is 35.2 Å². The maximum Gasteiger partial charge on any atom is 0.433 e. The van der Waals surface area contributed by atoms with Gasteiger partial charge in [0.15, 0.2) is 0 Å². The Bertz CT molecular complexity index is 1210. The number of hydrogen-bond acceptors (Lipinski definition) is 5. The molecule has 1 aromatic heterocycles. The average molecular weight is 524 g/mol. The standard InChI is InChI=1S/C21H22F6N4O3S/c1-12(13-3-4-14(16(22)7-13)9-29-35(2,33)34)19(32)28-8-15-5-6-17(21(25,26)27)30-18(15)31-10-20(23,24)11-31/h3-7,12,29H,8-11H2,1-2H3,(H,28,32). The number of sulfonamides is 1. The van der Waals surface area contributed by atoms with Gasteiger partial charge < -0.3 is 10.2 Å². The van der Waals surface area contributed by atoms with E-state index in [1.165, 1.54) is 19.1 Å². The highest BCUT2D eigenvalue weighted by atomic mass is 32.2. The number of benzene rings is 1. The number of aromatic nitrogens is 1. The lowest BCUT2D eigenvalue weighted by Gasteiger charge is -2.40. The van der Waals surface area contributed by atoms with Crippen molar-refractivity contribution in [1.82, 2.24) is 15.0 Å². The number of halogens is 6. The third-order valence-electron chi connectivity index (χ3n) is 5.34. The Morgan fingerprint density at radius 2 is 1.77 bits per heavy atom. The quantitative estimate of drug-likeness (QED) is 0.518. The second-order valence-electron chi connectivity index (χ2n) is 8.27. The highest BCUT2D eigenvalue weighted by molar-refractivity contribution is 7.88. The molecule has 35 heavy (non-hydrogen) atoms. The highest BCUT2D eigenvalue weighted by Gasteiger charge is 2.46. The van der Waals surface area contributed by atoms with Gasteiger partial charge in [0.25, 0.3) is 5.92 Å². The van der Waals surface area contributed by atoms with Crippen molar-refractivity contribution in [2.24, 2.45) is 0 Å². The molecule has 1 aliphatic heterocycles. The van der Waals surface area contributed by atoms with E-state index >= 15 is 0 Å². The number of alkyl halides is 5. The summed E-state index contributed by atoms with van der Waals surface area (Å²) in [4.78, 5) is 17.1. The van der Waals surface area contributed by atoms with Crippen LogP contribution in [0.15, 0.2) is 30.3 Å². The van der Waals surface area contributed by atoms with Gasteiger partial charge in [-0.25, -0.2) is 31.3 Å². The molecule has 1 unspecified atom stereocenters. The fourth-order valence-electron chi connectivity index (χ4n) is 3.38. The smallest absolute Gasteiger partial charge is 0.351 e. The van der Waals surface area contributed by atoms with Crippen LogP contribution >= 0.6 is 0 Å². The molecule has 1 fully saturated rings. The molecule has 1 aliphatic rings. The fourth-order valence-corrected chi connectivity index (χ4v) is 3.80. The minimum Gasteiger partial charge on any atom is -0.351 e. The van der Waals surface area contributed by atoms with Crippen LogP contribution in [0, 0.1) is 5.82 Å². The molecule has 1 atom stereocenters. The summed E-state index contributed by atoms with van der Waals surface area (Å²) in [6.45, 7) is -0.674. The molecule has 2 N–H and O–H groups in total. The van der Waals surface area contributed by atoms with Crippen molar-refractivity contribution in [3.63, 3.8) is 0 Å². The van der Waals surface area contributed by atoms with Gasteiger partial charge in [-0.05, 0) is 24.6 Å². The second kappa shape index (κ2) is 9.64. The van der Waals surface area contributed by atoms with Gasteiger partial charge in [0.05, 0.1) is 25.3 Å². The van der Waals surface area contributed by atoms with Crippen LogP contribution in [0.5, 0.6) is 0 Å². The minimum absolute atomic E-state index is 0.0682. The Labute approximate surface area is 197 Å². The van der Waals surface area contributed by atoms with Crippen LogP contribution in [0.2, 0.25) is 0 Å². The van der Waals surface area contributed by atoms with Gasteiger partial charge in [-0.15, -0.1) is 0 Å². The van der Waals surface area contributed by atoms with Gasteiger partial charge in [-0.2, -0.15) is 13.2 Å². The SMILES string of the molecule is CC(C(=O)NCc1ccc(C(F)(F)F)nc1N1CC(F)(F)C1)c1ccc(CNS(C)(=O)=O)c(F)c1. The molecule has 14 heteroatoms. The van der Waals surface area contributed by atoms with Gasteiger partial charge in [-0.1, -0.05) is 18.2 Å². The van der Waals surface area contributed by atoms with Gasteiger partial charge in [0.1, 0.15) is 17.3 Å². The number of amides is 1. The Morgan fingerprint density at radius 3 is 2.31 bits per heavy atom. The van der Waals surface area contributed by atoms with E-state index < -0.39 is 58.5 Å². The van der Waals surface area contributed by atoms with Crippen LogP contribution in [-0.2, 0) is 34.1 Å². The third-order valence-corrected chi connectivity index (χ3v) is 6.01. The maximum atomic E-state index is 14.4. The Morgan fingerprint density at radius 1 is 1.14 bits per heavy atom. The van der Waals surface area contributed by atoms with Crippen molar-refractivity contribution in [3.05, 3.63) is 58.5 Å². The summed E-state index contributed by atoms with van der Waals surface area (Å²) in [5, 5.41) is 2.51. The third kappa shape index (κ3) is 6.84. The van der Waals surface area contributed by atoms with Crippen molar-refractivity contribution < 1.29 is 39.6 Å². The predicted molar refractivity (Wildman–Crippen MR) is 115 cm³/mol. The summed E-state index contributed by atoms with van der Waals surface area (Å²) in [6, 6.07) is 5.62. The molecule has 2 aromatic rings. The molecule has 1 saturated heterocycles. The minimum atomic E-state index is -4.77. The molecule has 7 nitrogen and oxygen atoms in total. The Balaban J connectivity index is 1.71. The Kier molecular flexibility index (Phi) is 7.37. The zero-order valence-electron chi connectivity index (χ0n) is 18.6. The average Bonchev–Trinajstić information content (AvgIpc) is 2.72. The molecule has 0 saturated carbocycles. The van der Waals surface area contributed by atoms with E-state index in [4.69, 9.17) is 0 Å². The fraction of sp³-hybridized carbons (Fsp3) is 0.429. The summed E-state index contributed by atoms with van der Waals surface area (Å²) < 4.78 is 105. The van der Waals surface area contributed by atoms with Crippen molar-refractivity contribution in [1.29, 1.82) is 0 Å². The molecule has 0 aliphatic carbocycles. The van der Waals surface area contributed by atoms with Gasteiger partial charge >= 0.3 is 6.18 Å². The van der Waals surface area contributed by atoms with Crippen molar-refractivity contribution in [3.8, 4) is 0 Å². The molecule has 1 amide bonds. The number of carbonyl (C=O) groups excluding carboxylic acids is 1. The van der Waals surface area contributed by atoms with Crippen LogP contribution in [0.4, 0.5) is 32.2 Å². The maximum absolute atomic E-state index is 14.4. The van der Waals surface area contributed by atoms with Gasteiger partial charge in [0.2, 0.25) is 15.9 Å². The first-order valence-corrected chi connectivity index (χ1v) is 12.2. The molecule has 0 radical (unpaired) electrons.